The predicted octanol–water partition coefficient (Wildman–Crippen LogP) is 2.18. The van der Waals surface area contributed by atoms with Crippen molar-refractivity contribution in [2.75, 3.05) is 5.32 Å². The van der Waals surface area contributed by atoms with Crippen LogP contribution in [0.2, 0.25) is 0 Å². The van der Waals surface area contributed by atoms with E-state index in [1.165, 1.54) is 24.4 Å². The van der Waals surface area contributed by atoms with E-state index in [2.05, 4.69) is 15.3 Å². The van der Waals surface area contributed by atoms with Gasteiger partial charge < -0.3 is 5.32 Å². The molecule has 0 atom stereocenters. The molecule has 86 valence electrons. The number of carbonyl (C=O) groups excluding carboxylic acids is 1. The Labute approximate surface area is 97.5 Å². The Morgan fingerprint density at radius 1 is 1.29 bits per heavy atom. The quantitative estimate of drug-likeness (QED) is 0.806. The van der Waals surface area contributed by atoms with Crippen molar-refractivity contribution in [3.8, 4) is 0 Å². The van der Waals surface area contributed by atoms with E-state index in [9.17, 15) is 9.18 Å². The van der Waals surface area contributed by atoms with Gasteiger partial charge in [-0.1, -0.05) is 6.07 Å². The summed E-state index contributed by atoms with van der Waals surface area (Å²) in [5.41, 5.74) is 1.43. The van der Waals surface area contributed by atoms with E-state index in [1.807, 2.05) is 6.92 Å². The Balaban J connectivity index is 2.14. The molecule has 4 nitrogen and oxygen atoms in total. The van der Waals surface area contributed by atoms with Gasteiger partial charge in [0.05, 0.1) is 11.9 Å². The van der Waals surface area contributed by atoms with Crippen molar-refractivity contribution in [2.45, 2.75) is 6.92 Å². The molecule has 0 bridgehead atoms. The molecule has 1 N–H and O–H groups in total. The first-order valence-electron chi connectivity index (χ1n) is 5.02. The number of anilines is 1. The highest BCUT2D eigenvalue weighted by molar-refractivity contribution is 6.02. The highest BCUT2D eigenvalue weighted by Gasteiger charge is 2.08. The minimum atomic E-state index is -0.681. The van der Waals surface area contributed by atoms with Crippen LogP contribution in [0.3, 0.4) is 0 Å². The summed E-state index contributed by atoms with van der Waals surface area (Å²) >= 11 is 0. The van der Waals surface area contributed by atoms with Crippen LogP contribution in [0.5, 0.6) is 0 Å². The predicted molar refractivity (Wildman–Crippen MR) is 61.1 cm³/mol. The Kier molecular flexibility index (Phi) is 3.09. The summed E-state index contributed by atoms with van der Waals surface area (Å²) in [6, 6.07) is 7.56. The number of amides is 1. The molecule has 0 aliphatic rings. The molecule has 0 unspecified atom stereocenters. The standard InChI is InChI=1S/C12H10FN3O/c1-8-5-6-9(7-14-8)15-12(17)10-3-2-4-11(13)16-10/h2-7H,1H3,(H,15,17). The summed E-state index contributed by atoms with van der Waals surface area (Å²) in [7, 11) is 0. The van der Waals surface area contributed by atoms with Crippen LogP contribution < -0.4 is 5.32 Å². The third-order valence-electron chi connectivity index (χ3n) is 2.12. The van der Waals surface area contributed by atoms with Crippen LogP contribution in [0, 0.1) is 12.9 Å². The van der Waals surface area contributed by atoms with Gasteiger partial charge in [-0.25, -0.2) is 4.98 Å². The van der Waals surface area contributed by atoms with Crippen molar-refractivity contribution in [2.24, 2.45) is 0 Å². The molecule has 2 aromatic rings. The fourth-order valence-electron chi connectivity index (χ4n) is 1.27. The molecule has 0 aliphatic carbocycles. The van der Waals surface area contributed by atoms with E-state index >= 15 is 0 Å². The average molecular weight is 231 g/mol. The van der Waals surface area contributed by atoms with Gasteiger partial charge in [0, 0.05) is 5.69 Å². The van der Waals surface area contributed by atoms with Gasteiger partial charge in [-0.15, -0.1) is 0 Å². The third-order valence-corrected chi connectivity index (χ3v) is 2.12. The number of aryl methyl sites for hydroxylation is 1. The largest absolute Gasteiger partial charge is 0.319 e. The second-order valence-corrected chi connectivity index (χ2v) is 3.49. The van der Waals surface area contributed by atoms with Crippen LogP contribution in [0.15, 0.2) is 36.5 Å². The molecule has 0 fully saturated rings. The van der Waals surface area contributed by atoms with Gasteiger partial charge >= 0.3 is 0 Å². The summed E-state index contributed by atoms with van der Waals surface area (Å²) in [6.07, 6.45) is 1.53. The smallest absolute Gasteiger partial charge is 0.274 e. The van der Waals surface area contributed by atoms with Gasteiger partial charge in [-0.3, -0.25) is 9.78 Å². The minimum absolute atomic E-state index is 0.0329. The van der Waals surface area contributed by atoms with E-state index in [-0.39, 0.29) is 5.69 Å². The van der Waals surface area contributed by atoms with E-state index in [0.29, 0.717) is 5.69 Å². The molecule has 0 aliphatic heterocycles. The monoisotopic (exact) mass is 231 g/mol. The molecule has 0 aromatic carbocycles. The Hall–Kier alpha value is -2.30. The summed E-state index contributed by atoms with van der Waals surface area (Å²) in [6.45, 7) is 1.85. The van der Waals surface area contributed by atoms with Crippen molar-refractivity contribution in [1.82, 2.24) is 9.97 Å². The van der Waals surface area contributed by atoms with Gasteiger partial charge in [0.2, 0.25) is 5.95 Å². The molecule has 0 saturated carbocycles. The summed E-state index contributed by atoms with van der Waals surface area (Å²) in [5.74, 6) is -1.14. The van der Waals surface area contributed by atoms with Crippen molar-refractivity contribution in [3.63, 3.8) is 0 Å². The molecular formula is C12H10FN3O. The Morgan fingerprint density at radius 3 is 2.76 bits per heavy atom. The van der Waals surface area contributed by atoms with Crippen molar-refractivity contribution >= 4 is 11.6 Å². The maximum Gasteiger partial charge on any atom is 0.274 e. The first-order valence-corrected chi connectivity index (χ1v) is 5.02. The lowest BCUT2D eigenvalue weighted by atomic mass is 10.3. The Morgan fingerprint density at radius 2 is 2.12 bits per heavy atom. The maximum absolute atomic E-state index is 12.8. The van der Waals surface area contributed by atoms with Crippen molar-refractivity contribution < 1.29 is 9.18 Å². The molecule has 2 aromatic heterocycles. The van der Waals surface area contributed by atoms with E-state index in [4.69, 9.17) is 0 Å². The third kappa shape index (κ3) is 2.84. The number of pyridine rings is 2. The normalized spacial score (nSPS) is 10.0. The van der Waals surface area contributed by atoms with E-state index < -0.39 is 11.9 Å². The lowest BCUT2D eigenvalue weighted by Crippen LogP contribution is -2.14. The van der Waals surface area contributed by atoms with Crippen LogP contribution in [0.1, 0.15) is 16.2 Å². The second-order valence-electron chi connectivity index (χ2n) is 3.49. The molecule has 0 spiro atoms. The number of rotatable bonds is 2. The summed E-state index contributed by atoms with van der Waals surface area (Å²) in [4.78, 5) is 19.2. The van der Waals surface area contributed by atoms with Crippen LogP contribution in [0.25, 0.3) is 0 Å². The van der Waals surface area contributed by atoms with Gasteiger partial charge in [0.25, 0.3) is 5.91 Å². The zero-order valence-electron chi connectivity index (χ0n) is 9.14. The molecule has 0 radical (unpaired) electrons. The molecule has 2 rings (SSSR count). The van der Waals surface area contributed by atoms with Crippen LogP contribution >= 0.6 is 0 Å². The first kappa shape index (κ1) is 11.2. The molecule has 5 heteroatoms. The molecule has 0 saturated heterocycles. The van der Waals surface area contributed by atoms with Gasteiger partial charge in [-0.2, -0.15) is 4.39 Å². The highest BCUT2D eigenvalue weighted by atomic mass is 19.1. The topological polar surface area (TPSA) is 54.9 Å². The summed E-state index contributed by atoms with van der Waals surface area (Å²) in [5, 5.41) is 2.58. The van der Waals surface area contributed by atoms with Crippen molar-refractivity contribution in [1.29, 1.82) is 0 Å². The van der Waals surface area contributed by atoms with Crippen molar-refractivity contribution in [3.05, 3.63) is 53.9 Å². The number of hydrogen-bond acceptors (Lipinski definition) is 3. The van der Waals surface area contributed by atoms with E-state index in [0.717, 1.165) is 5.69 Å². The molecular weight excluding hydrogens is 221 g/mol. The number of hydrogen-bond donors (Lipinski definition) is 1. The molecule has 2 heterocycles. The lowest BCUT2D eigenvalue weighted by Gasteiger charge is -2.04. The fraction of sp³-hybridized carbons (Fsp3) is 0.0833. The van der Waals surface area contributed by atoms with Gasteiger partial charge in [0.1, 0.15) is 5.69 Å². The minimum Gasteiger partial charge on any atom is -0.319 e. The van der Waals surface area contributed by atoms with E-state index in [1.54, 1.807) is 12.1 Å². The fourth-order valence-corrected chi connectivity index (χ4v) is 1.27. The van der Waals surface area contributed by atoms with Crippen LogP contribution in [0.4, 0.5) is 10.1 Å². The zero-order chi connectivity index (χ0) is 12.3. The average Bonchev–Trinajstić information content (AvgIpc) is 2.32. The Bertz CT molecular complexity index is 540. The zero-order valence-corrected chi connectivity index (χ0v) is 9.14. The number of aromatic nitrogens is 2. The number of carbonyl (C=O) groups is 1. The molecule has 17 heavy (non-hydrogen) atoms. The number of halogens is 1. The maximum atomic E-state index is 12.8. The lowest BCUT2D eigenvalue weighted by molar-refractivity contribution is 0.102. The highest BCUT2D eigenvalue weighted by Crippen LogP contribution is 2.07. The van der Waals surface area contributed by atoms with Gasteiger partial charge in [-0.05, 0) is 31.2 Å². The summed E-state index contributed by atoms with van der Waals surface area (Å²) < 4.78 is 12.8. The van der Waals surface area contributed by atoms with Gasteiger partial charge in [0.15, 0.2) is 0 Å². The first-order chi connectivity index (χ1) is 8.15. The second kappa shape index (κ2) is 4.69. The number of nitrogens with one attached hydrogen (secondary N) is 1. The van der Waals surface area contributed by atoms with Crippen LogP contribution in [-0.2, 0) is 0 Å². The number of nitrogens with zero attached hydrogens (tertiary/aromatic N) is 2. The van der Waals surface area contributed by atoms with Crippen LogP contribution in [-0.4, -0.2) is 15.9 Å². The SMILES string of the molecule is Cc1ccc(NC(=O)c2cccc(F)n2)cn1. The molecule has 1 amide bonds.